The minimum atomic E-state index is -0.236. The van der Waals surface area contributed by atoms with Crippen molar-refractivity contribution in [2.24, 2.45) is 5.73 Å². The van der Waals surface area contributed by atoms with E-state index in [9.17, 15) is 4.79 Å². The van der Waals surface area contributed by atoms with Gasteiger partial charge in [-0.05, 0) is 24.2 Å². The Kier molecular flexibility index (Phi) is 4.19. The number of rotatable bonds is 3. The van der Waals surface area contributed by atoms with Crippen LogP contribution < -0.4 is 21.1 Å². The van der Waals surface area contributed by atoms with Gasteiger partial charge in [0.05, 0.1) is 6.04 Å². The zero-order valence-electron chi connectivity index (χ0n) is 14.1. The normalized spacial score (nSPS) is 24.6. The molecule has 130 valence electrons. The number of amides is 1. The number of nitrogens with two attached hydrogens (primary N) is 1. The predicted octanol–water partition coefficient (Wildman–Crippen LogP) is 2.13. The monoisotopic (exact) mass is 337 g/mol. The Balaban J connectivity index is 1.63. The Morgan fingerprint density at radius 3 is 2.84 bits per heavy atom. The van der Waals surface area contributed by atoms with Gasteiger partial charge < -0.3 is 21.1 Å². The summed E-state index contributed by atoms with van der Waals surface area (Å²) in [4.78, 5) is 12.9. The highest BCUT2D eigenvalue weighted by Gasteiger charge is 2.43. The molecule has 2 aromatic carbocycles. The SMILES string of the molecule is NCc1ccccc1C(=O)NC1CC2(CCNC2)Oc2ccccc21. The summed E-state index contributed by atoms with van der Waals surface area (Å²) in [5.74, 6) is 0.790. The third-order valence-electron chi connectivity index (χ3n) is 5.19. The molecule has 0 radical (unpaired) electrons. The van der Waals surface area contributed by atoms with E-state index < -0.39 is 0 Å². The van der Waals surface area contributed by atoms with Gasteiger partial charge in [0.15, 0.2) is 0 Å². The van der Waals surface area contributed by atoms with Crippen LogP contribution in [-0.4, -0.2) is 24.6 Å². The fraction of sp³-hybridized carbons (Fsp3) is 0.350. The quantitative estimate of drug-likeness (QED) is 0.802. The van der Waals surface area contributed by atoms with Crippen LogP contribution in [0.3, 0.4) is 0 Å². The van der Waals surface area contributed by atoms with E-state index in [1.54, 1.807) is 0 Å². The smallest absolute Gasteiger partial charge is 0.252 e. The van der Waals surface area contributed by atoms with Crippen molar-refractivity contribution in [3.05, 3.63) is 65.2 Å². The molecule has 1 spiro atoms. The highest BCUT2D eigenvalue weighted by molar-refractivity contribution is 5.96. The molecule has 1 amide bonds. The third-order valence-corrected chi connectivity index (χ3v) is 5.19. The lowest BCUT2D eigenvalue weighted by Crippen LogP contribution is -2.46. The second-order valence-corrected chi connectivity index (χ2v) is 6.84. The van der Waals surface area contributed by atoms with Crippen molar-refractivity contribution in [2.45, 2.75) is 31.0 Å². The number of hydrogen-bond donors (Lipinski definition) is 3. The van der Waals surface area contributed by atoms with Crippen molar-refractivity contribution in [3.63, 3.8) is 0 Å². The molecule has 1 fully saturated rings. The lowest BCUT2D eigenvalue weighted by molar-refractivity contribution is 0.0474. The van der Waals surface area contributed by atoms with Gasteiger partial charge in [-0.25, -0.2) is 0 Å². The predicted molar refractivity (Wildman–Crippen MR) is 96.4 cm³/mol. The molecule has 4 rings (SSSR count). The van der Waals surface area contributed by atoms with Crippen LogP contribution in [-0.2, 0) is 6.54 Å². The molecule has 5 nitrogen and oxygen atoms in total. The van der Waals surface area contributed by atoms with E-state index in [0.29, 0.717) is 12.1 Å². The lowest BCUT2D eigenvalue weighted by Gasteiger charge is -2.39. The molecule has 1 saturated heterocycles. The number of nitrogens with one attached hydrogen (secondary N) is 2. The summed E-state index contributed by atoms with van der Waals surface area (Å²) in [5, 5.41) is 6.60. The number of fused-ring (bicyclic) bond motifs is 1. The second-order valence-electron chi connectivity index (χ2n) is 6.84. The molecule has 4 N–H and O–H groups in total. The van der Waals surface area contributed by atoms with E-state index >= 15 is 0 Å². The molecule has 2 aliphatic rings. The second kappa shape index (κ2) is 6.50. The molecule has 25 heavy (non-hydrogen) atoms. The number of para-hydroxylation sites is 1. The molecule has 0 aromatic heterocycles. The average Bonchev–Trinajstić information content (AvgIpc) is 3.09. The summed E-state index contributed by atoms with van der Waals surface area (Å²) < 4.78 is 6.31. The van der Waals surface area contributed by atoms with Gasteiger partial charge in [-0.1, -0.05) is 36.4 Å². The Labute approximate surface area is 147 Å². The van der Waals surface area contributed by atoms with Gasteiger partial charge in [-0.15, -0.1) is 0 Å². The Bertz CT molecular complexity index is 784. The fourth-order valence-electron chi connectivity index (χ4n) is 3.88. The zero-order chi connectivity index (χ0) is 17.3. The molecular weight excluding hydrogens is 314 g/mol. The number of hydrogen-bond acceptors (Lipinski definition) is 4. The molecule has 2 atom stereocenters. The van der Waals surface area contributed by atoms with Crippen LogP contribution in [0.1, 0.15) is 40.4 Å². The van der Waals surface area contributed by atoms with Crippen LogP contribution in [0.5, 0.6) is 5.75 Å². The fourth-order valence-corrected chi connectivity index (χ4v) is 3.88. The van der Waals surface area contributed by atoms with Crippen LogP contribution in [0.2, 0.25) is 0 Å². The van der Waals surface area contributed by atoms with Crippen molar-refractivity contribution in [1.82, 2.24) is 10.6 Å². The molecule has 5 heteroatoms. The van der Waals surface area contributed by atoms with Crippen LogP contribution >= 0.6 is 0 Å². The van der Waals surface area contributed by atoms with E-state index in [4.69, 9.17) is 10.5 Å². The first kappa shape index (κ1) is 16.1. The summed E-state index contributed by atoms with van der Waals surface area (Å²) in [6.07, 6.45) is 1.72. The number of carbonyl (C=O) groups excluding carboxylic acids is 1. The van der Waals surface area contributed by atoms with E-state index in [-0.39, 0.29) is 17.6 Å². The number of carbonyl (C=O) groups is 1. The van der Waals surface area contributed by atoms with Gasteiger partial charge in [0.1, 0.15) is 11.4 Å². The summed E-state index contributed by atoms with van der Waals surface area (Å²) in [6, 6.07) is 15.4. The largest absolute Gasteiger partial charge is 0.485 e. The molecule has 0 bridgehead atoms. The van der Waals surface area contributed by atoms with Crippen molar-refractivity contribution in [3.8, 4) is 5.75 Å². The Hall–Kier alpha value is -2.37. The van der Waals surface area contributed by atoms with Gasteiger partial charge in [0, 0.05) is 37.1 Å². The topological polar surface area (TPSA) is 76.4 Å². The highest BCUT2D eigenvalue weighted by atomic mass is 16.5. The zero-order valence-corrected chi connectivity index (χ0v) is 14.1. The summed E-state index contributed by atoms with van der Waals surface area (Å²) in [7, 11) is 0. The highest BCUT2D eigenvalue weighted by Crippen LogP contribution is 2.42. The molecule has 0 saturated carbocycles. The summed E-state index contributed by atoms with van der Waals surface area (Å²) in [5.41, 5.74) is 8.09. The van der Waals surface area contributed by atoms with E-state index in [1.807, 2.05) is 48.5 Å². The first-order valence-electron chi connectivity index (χ1n) is 8.78. The molecule has 2 aromatic rings. The van der Waals surface area contributed by atoms with E-state index in [2.05, 4.69) is 10.6 Å². The van der Waals surface area contributed by atoms with Crippen LogP contribution in [0.15, 0.2) is 48.5 Å². The first-order chi connectivity index (χ1) is 12.2. The molecule has 2 heterocycles. The van der Waals surface area contributed by atoms with Crippen molar-refractivity contribution in [1.29, 1.82) is 0 Å². The van der Waals surface area contributed by atoms with Gasteiger partial charge in [0.25, 0.3) is 5.91 Å². The first-order valence-corrected chi connectivity index (χ1v) is 8.78. The molecule has 2 aliphatic heterocycles. The van der Waals surface area contributed by atoms with Crippen molar-refractivity contribution < 1.29 is 9.53 Å². The maximum Gasteiger partial charge on any atom is 0.252 e. The number of benzene rings is 2. The van der Waals surface area contributed by atoms with Gasteiger partial charge in [0.2, 0.25) is 0 Å². The summed E-state index contributed by atoms with van der Waals surface area (Å²) in [6.45, 7) is 2.10. The maximum absolute atomic E-state index is 12.9. The van der Waals surface area contributed by atoms with Crippen molar-refractivity contribution >= 4 is 5.91 Å². The van der Waals surface area contributed by atoms with Gasteiger partial charge in [-0.2, -0.15) is 0 Å². The Morgan fingerprint density at radius 1 is 1.24 bits per heavy atom. The average molecular weight is 337 g/mol. The molecule has 2 unspecified atom stereocenters. The van der Waals surface area contributed by atoms with E-state index in [0.717, 1.165) is 42.8 Å². The van der Waals surface area contributed by atoms with Crippen LogP contribution in [0.25, 0.3) is 0 Å². The van der Waals surface area contributed by atoms with Gasteiger partial charge in [-0.3, -0.25) is 4.79 Å². The number of ether oxygens (including phenoxy) is 1. The molecule has 0 aliphatic carbocycles. The minimum Gasteiger partial charge on any atom is -0.485 e. The van der Waals surface area contributed by atoms with Gasteiger partial charge >= 0.3 is 0 Å². The maximum atomic E-state index is 12.9. The summed E-state index contributed by atoms with van der Waals surface area (Å²) >= 11 is 0. The Morgan fingerprint density at radius 2 is 2.04 bits per heavy atom. The standard InChI is InChI=1S/C20H23N3O2/c21-12-14-5-1-2-6-15(14)19(24)23-17-11-20(9-10-22-13-20)25-18-8-4-3-7-16(17)18/h1-8,17,22H,9-13,21H2,(H,23,24). The van der Waals surface area contributed by atoms with E-state index in [1.165, 1.54) is 0 Å². The lowest BCUT2D eigenvalue weighted by atomic mass is 9.86. The molecular formula is C20H23N3O2. The third kappa shape index (κ3) is 3.01. The van der Waals surface area contributed by atoms with Crippen LogP contribution in [0.4, 0.5) is 0 Å². The minimum absolute atomic E-state index is 0.0665. The van der Waals surface area contributed by atoms with Crippen LogP contribution in [0, 0.1) is 0 Å². The van der Waals surface area contributed by atoms with Crippen molar-refractivity contribution in [2.75, 3.05) is 13.1 Å².